The maximum Gasteiger partial charge on any atom is 0.246 e. The van der Waals surface area contributed by atoms with Crippen LogP contribution in [-0.4, -0.2) is 30.6 Å². The summed E-state index contributed by atoms with van der Waals surface area (Å²) in [6.45, 7) is 3.93. The van der Waals surface area contributed by atoms with Gasteiger partial charge in [-0.15, -0.1) is 0 Å². The predicted molar refractivity (Wildman–Crippen MR) is 94.0 cm³/mol. The minimum atomic E-state index is -0.324. The quantitative estimate of drug-likeness (QED) is 0.779. The number of nitrogens with zero attached hydrogens (tertiary/aromatic N) is 1. The van der Waals surface area contributed by atoms with Gasteiger partial charge in [-0.3, -0.25) is 4.79 Å². The van der Waals surface area contributed by atoms with Crippen LogP contribution in [0.25, 0.3) is 6.08 Å². The summed E-state index contributed by atoms with van der Waals surface area (Å²) in [5.41, 5.74) is 1.56. The first-order chi connectivity index (χ1) is 12.2. The van der Waals surface area contributed by atoms with E-state index in [1.807, 2.05) is 25.1 Å². The lowest BCUT2D eigenvalue weighted by Crippen LogP contribution is -2.29. The zero-order valence-electron chi connectivity index (χ0n) is 14.1. The summed E-state index contributed by atoms with van der Waals surface area (Å²) in [4.78, 5) is 14.2. The molecule has 1 amide bonds. The lowest BCUT2D eigenvalue weighted by molar-refractivity contribution is -0.126. The second kappa shape index (κ2) is 7.83. The average molecular weight is 341 g/mol. The van der Waals surface area contributed by atoms with Gasteiger partial charge in [-0.25, -0.2) is 4.39 Å². The maximum absolute atomic E-state index is 13.2. The molecule has 0 fully saturated rings. The van der Waals surface area contributed by atoms with E-state index < -0.39 is 0 Å². The van der Waals surface area contributed by atoms with Crippen LogP contribution in [-0.2, 0) is 11.3 Å². The molecule has 0 N–H and O–H groups in total. The molecule has 1 aliphatic heterocycles. The topological polar surface area (TPSA) is 38.8 Å². The Bertz CT molecular complexity index is 788. The Hall–Kier alpha value is -2.82. The van der Waals surface area contributed by atoms with E-state index in [0.29, 0.717) is 43.4 Å². The summed E-state index contributed by atoms with van der Waals surface area (Å²) < 4.78 is 24.5. The van der Waals surface area contributed by atoms with E-state index in [-0.39, 0.29) is 11.7 Å². The molecule has 25 heavy (non-hydrogen) atoms. The monoisotopic (exact) mass is 341 g/mol. The zero-order chi connectivity index (χ0) is 17.6. The fourth-order valence-corrected chi connectivity index (χ4v) is 2.69. The Kier molecular flexibility index (Phi) is 5.33. The number of carbonyl (C=O) groups excluding carboxylic acids is 1. The number of rotatable bonds is 5. The van der Waals surface area contributed by atoms with E-state index >= 15 is 0 Å². The molecule has 1 aliphatic rings. The van der Waals surface area contributed by atoms with E-state index in [4.69, 9.17) is 9.47 Å². The Balaban J connectivity index is 1.73. The molecule has 2 aromatic rings. The highest BCUT2D eigenvalue weighted by Crippen LogP contribution is 2.34. The molecule has 0 aromatic heterocycles. The second-order valence-corrected chi connectivity index (χ2v) is 5.68. The molecule has 3 rings (SSSR count). The van der Waals surface area contributed by atoms with Gasteiger partial charge in [0, 0.05) is 24.7 Å². The van der Waals surface area contributed by atoms with Gasteiger partial charge in [0.05, 0.1) is 0 Å². The summed E-state index contributed by atoms with van der Waals surface area (Å²) in [5.74, 6) is 0.952. The minimum Gasteiger partial charge on any atom is -0.486 e. The first-order valence-corrected chi connectivity index (χ1v) is 8.27. The van der Waals surface area contributed by atoms with Crippen LogP contribution in [0.1, 0.15) is 18.1 Å². The van der Waals surface area contributed by atoms with Gasteiger partial charge < -0.3 is 14.4 Å². The van der Waals surface area contributed by atoms with Crippen molar-refractivity contribution in [3.8, 4) is 11.5 Å². The standard InChI is InChI=1S/C20H20FNO3/c1-2-22(19(23)10-9-15-5-3-7-17(21)13-15)14-16-6-4-8-18-20(16)25-12-11-24-18/h3-10,13H,2,11-12,14H2,1H3/b10-9+. The van der Waals surface area contributed by atoms with Gasteiger partial charge >= 0.3 is 0 Å². The smallest absolute Gasteiger partial charge is 0.246 e. The van der Waals surface area contributed by atoms with Gasteiger partial charge in [0.25, 0.3) is 0 Å². The van der Waals surface area contributed by atoms with Crippen molar-refractivity contribution in [2.24, 2.45) is 0 Å². The van der Waals surface area contributed by atoms with Crippen LogP contribution in [0.4, 0.5) is 4.39 Å². The van der Waals surface area contributed by atoms with Crippen LogP contribution in [0.3, 0.4) is 0 Å². The van der Waals surface area contributed by atoms with E-state index in [0.717, 1.165) is 5.56 Å². The molecule has 0 bridgehead atoms. The van der Waals surface area contributed by atoms with Crippen molar-refractivity contribution in [3.05, 3.63) is 65.5 Å². The number of likely N-dealkylation sites (N-methyl/N-ethyl adjacent to an activating group) is 1. The molecular formula is C20H20FNO3. The average Bonchev–Trinajstić information content (AvgIpc) is 2.64. The molecule has 5 heteroatoms. The number of halogens is 1. The number of ether oxygens (including phenoxy) is 2. The fraction of sp³-hybridized carbons (Fsp3) is 0.250. The molecule has 2 aromatic carbocycles. The normalized spacial score (nSPS) is 13.0. The van der Waals surface area contributed by atoms with Crippen LogP contribution >= 0.6 is 0 Å². The highest BCUT2D eigenvalue weighted by molar-refractivity contribution is 5.91. The highest BCUT2D eigenvalue weighted by atomic mass is 19.1. The molecule has 0 aliphatic carbocycles. The second-order valence-electron chi connectivity index (χ2n) is 5.68. The molecule has 0 saturated carbocycles. The molecule has 0 saturated heterocycles. The van der Waals surface area contributed by atoms with Crippen LogP contribution in [0.15, 0.2) is 48.5 Å². The Morgan fingerprint density at radius 2 is 2.00 bits per heavy atom. The van der Waals surface area contributed by atoms with Crippen molar-refractivity contribution in [1.82, 2.24) is 4.90 Å². The number of carbonyl (C=O) groups is 1. The van der Waals surface area contributed by atoms with Crippen molar-refractivity contribution in [2.75, 3.05) is 19.8 Å². The Morgan fingerprint density at radius 3 is 2.80 bits per heavy atom. The Labute approximate surface area is 146 Å². The highest BCUT2D eigenvalue weighted by Gasteiger charge is 2.18. The Morgan fingerprint density at radius 1 is 1.20 bits per heavy atom. The number of para-hydroxylation sites is 1. The number of hydrogen-bond donors (Lipinski definition) is 0. The third-order valence-corrected chi connectivity index (χ3v) is 3.97. The number of benzene rings is 2. The molecule has 0 spiro atoms. The minimum absolute atomic E-state index is 0.138. The maximum atomic E-state index is 13.2. The van der Waals surface area contributed by atoms with Crippen LogP contribution < -0.4 is 9.47 Å². The third-order valence-electron chi connectivity index (χ3n) is 3.97. The predicted octanol–water partition coefficient (Wildman–Crippen LogP) is 3.66. The van der Waals surface area contributed by atoms with Crippen LogP contribution in [0.5, 0.6) is 11.5 Å². The van der Waals surface area contributed by atoms with Gasteiger partial charge in [-0.05, 0) is 36.8 Å². The largest absolute Gasteiger partial charge is 0.486 e. The third kappa shape index (κ3) is 4.18. The molecular weight excluding hydrogens is 321 g/mol. The lowest BCUT2D eigenvalue weighted by atomic mass is 10.1. The zero-order valence-corrected chi connectivity index (χ0v) is 14.1. The summed E-state index contributed by atoms with van der Waals surface area (Å²) in [5, 5.41) is 0. The molecule has 1 heterocycles. The van der Waals surface area contributed by atoms with Crippen LogP contribution in [0.2, 0.25) is 0 Å². The van der Waals surface area contributed by atoms with Crippen molar-refractivity contribution >= 4 is 12.0 Å². The SMILES string of the molecule is CCN(Cc1cccc2c1OCCO2)C(=O)/C=C/c1cccc(F)c1. The summed E-state index contributed by atoms with van der Waals surface area (Å²) in [6.07, 6.45) is 3.08. The van der Waals surface area contributed by atoms with E-state index in [2.05, 4.69) is 0 Å². The molecule has 0 radical (unpaired) electrons. The van der Waals surface area contributed by atoms with Crippen LogP contribution in [0, 0.1) is 5.82 Å². The number of fused-ring (bicyclic) bond motifs is 1. The van der Waals surface area contributed by atoms with Crippen molar-refractivity contribution in [3.63, 3.8) is 0 Å². The first kappa shape index (κ1) is 17.0. The van der Waals surface area contributed by atoms with Gasteiger partial charge in [0.2, 0.25) is 5.91 Å². The summed E-state index contributed by atoms with van der Waals surface area (Å²) in [6, 6.07) is 11.8. The molecule has 0 unspecified atom stereocenters. The molecule has 4 nitrogen and oxygen atoms in total. The van der Waals surface area contributed by atoms with E-state index in [9.17, 15) is 9.18 Å². The van der Waals surface area contributed by atoms with Gasteiger partial charge in [0.1, 0.15) is 19.0 Å². The fourth-order valence-electron chi connectivity index (χ4n) is 2.69. The summed E-state index contributed by atoms with van der Waals surface area (Å²) in [7, 11) is 0. The van der Waals surface area contributed by atoms with E-state index in [1.165, 1.54) is 18.2 Å². The van der Waals surface area contributed by atoms with Crippen molar-refractivity contribution in [2.45, 2.75) is 13.5 Å². The van der Waals surface area contributed by atoms with Crippen molar-refractivity contribution < 1.29 is 18.7 Å². The first-order valence-electron chi connectivity index (χ1n) is 8.27. The number of amides is 1. The van der Waals surface area contributed by atoms with E-state index in [1.54, 1.807) is 23.1 Å². The van der Waals surface area contributed by atoms with Gasteiger partial charge in [-0.1, -0.05) is 24.3 Å². The lowest BCUT2D eigenvalue weighted by Gasteiger charge is -2.24. The number of hydrogen-bond acceptors (Lipinski definition) is 3. The van der Waals surface area contributed by atoms with Gasteiger partial charge in [0.15, 0.2) is 11.5 Å². The van der Waals surface area contributed by atoms with Crippen molar-refractivity contribution in [1.29, 1.82) is 0 Å². The van der Waals surface area contributed by atoms with Gasteiger partial charge in [-0.2, -0.15) is 0 Å². The summed E-state index contributed by atoms with van der Waals surface area (Å²) >= 11 is 0. The molecule has 0 atom stereocenters. The molecule has 130 valence electrons.